The number of nitrogens with zero attached hydrogens (tertiary/aromatic N) is 3. The first-order chi connectivity index (χ1) is 13.5. The number of hydrogen-bond donors (Lipinski definition) is 0. The Hall–Kier alpha value is -1.60. The quantitative estimate of drug-likeness (QED) is 0.429. The van der Waals surface area contributed by atoms with Crippen LogP contribution < -0.4 is 4.90 Å². The third-order valence-corrected chi connectivity index (χ3v) is 6.48. The van der Waals surface area contributed by atoms with Crippen molar-refractivity contribution in [2.24, 2.45) is 0 Å². The van der Waals surface area contributed by atoms with Gasteiger partial charge in [-0.15, -0.1) is 11.8 Å². The molecule has 3 rings (SSSR count). The van der Waals surface area contributed by atoms with Gasteiger partial charge >= 0.3 is 0 Å². The molecule has 0 aliphatic heterocycles. The molecule has 0 aliphatic carbocycles. The van der Waals surface area contributed by atoms with Crippen LogP contribution in [0, 0.1) is 0 Å². The molecule has 0 fully saturated rings. The third kappa shape index (κ3) is 5.06. The molecule has 0 aliphatic rings. The average Bonchev–Trinajstić information content (AvgIpc) is 3.11. The van der Waals surface area contributed by atoms with Gasteiger partial charge in [-0.25, -0.2) is 4.98 Å². The van der Waals surface area contributed by atoms with Crippen LogP contribution in [-0.4, -0.2) is 48.7 Å². The van der Waals surface area contributed by atoms with E-state index in [1.54, 1.807) is 16.7 Å². The summed E-state index contributed by atoms with van der Waals surface area (Å²) < 4.78 is 0.989. The van der Waals surface area contributed by atoms with E-state index in [9.17, 15) is 4.79 Å². The molecule has 4 nitrogen and oxygen atoms in total. The fraction of sp³-hybridized carbons (Fsp3) is 0.333. The van der Waals surface area contributed by atoms with Gasteiger partial charge in [-0.3, -0.25) is 9.69 Å². The van der Waals surface area contributed by atoms with Crippen molar-refractivity contribution < 1.29 is 4.79 Å². The maximum atomic E-state index is 13.3. The maximum absolute atomic E-state index is 13.3. The van der Waals surface area contributed by atoms with Crippen molar-refractivity contribution in [3.8, 4) is 0 Å². The average molecular weight is 434 g/mol. The highest BCUT2D eigenvalue weighted by molar-refractivity contribution is 7.99. The second-order valence-corrected chi connectivity index (χ2v) is 9.41. The fourth-order valence-corrected chi connectivity index (χ4v) is 4.82. The standard InChI is InChI=1S/C21H24ClN3OS2/c1-4-27-16-11-9-15(10-12-16)20(26)25(14-6-13-24(2)3)21-23-19-17(22)7-5-8-18(19)28-21/h5,7-12H,4,6,13-14H2,1-3H3. The zero-order valence-corrected chi connectivity index (χ0v) is 18.7. The van der Waals surface area contributed by atoms with Crippen molar-refractivity contribution in [1.82, 2.24) is 9.88 Å². The van der Waals surface area contributed by atoms with Crippen LogP contribution in [0.1, 0.15) is 23.7 Å². The van der Waals surface area contributed by atoms with Crippen LogP contribution in [0.2, 0.25) is 5.02 Å². The van der Waals surface area contributed by atoms with E-state index in [-0.39, 0.29) is 5.91 Å². The number of fused-ring (bicyclic) bond motifs is 1. The molecular formula is C21H24ClN3OS2. The Morgan fingerprint density at radius 3 is 2.54 bits per heavy atom. The normalized spacial score (nSPS) is 11.3. The summed E-state index contributed by atoms with van der Waals surface area (Å²) in [6, 6.07) is 13.6. The van der Waals surface area contributed by atoms with Gasteiger partial charge in [-0.05, 0) is 69.2 Å². The zero-order chi connectivity index (χ0) is 20.1. The van der Waals surface area contributed by atoms with Crippen LogP contribution >= 0.6 is 34.7 Å². The van der Waals surface area contributed by atoms with E-state index in [1.165, 1.54) is 16.2 Å². The van der Waals surface area contributed by atoms with Crippen LogP contribution in [0.5, 0.6) is 0 Å². The van der Waals surface area contributed by atoms with Crippen LogP contribution in [0.3, 0.4) is 0 Å². The lowest BCUT2D eigenvalue weighted by molar-refractivity contribution is 0.0986. The number of thioether (sulfide) groups is 1. The van der Waals surface area contributed by atoms with Crippen LogP contribution in [0.25, 0.3) is 10.2 Å². The molecule has 0 saturated carbocycles. The van der Waals surface area contributed by atoms with Crippen LogP contribution in [0.15, 0.2) is 47.4 Å². The van der Waals surface area contributed by atoms with Gasteiger partial charge in [-0.1, -0.05) is 35.9 Å². The van der Waals surface area contributed by atoms with E-state index in [0.29, 0.717) is 22.3 Å². The van der Waals surface area contributed by atoms with Crippen molar-refractivity contribution in [2.75, 3.05) is 37.8 Å². The number of thiazole rings is 1. The van der Waals surface area contributed by atoms with E-state index in [4.69, 9.17) is 11.6 Å². The molecular weight excluding hydrogens is 410 g/mol. The SMILES string of the molecule is CCSc1ccc(C(=O)N(CCCN(C)C)c2nc3c(Cl)cccc3s2)cc1. The number of benzene rings is 2. The van der Waals surface area contributed by atoms with Crippen molar-refractivity contribution in [2.45, 2.75) is 18.2 Å². The molecule has 2 aromatic carbocycles. The summed E-state index contributed by atoms with van der Waals surface area (Å²) >= 11 is 9.57. The fourth-order valence-electron chi connectivity index (χ4n) is 2.86. The maximum Gasteiger partial charge on any atom is 0.260 e. The first kappa shape index (κ1) is 21.1. The lowest BCUT2D eigenvalue weighted by Gasteiger charge is -2.21. The van der Waals surface area contributed by atoms with Crippen molar-refractivity contribution >= 4 is 56.0 Å². The molecule has 0 atom stereocenters. The van der Waals surface area contributed by atoms with Crippen LogP contribution in [-0.2, 0) is 0 Å². The van der Waals surface area contributed by atoms with E-state index >= 15 is 0 Å². The van der Waals surface area contributed by atoms with E-state index < -0.39 is 0 Å². The summed E-state index contributed by atoms with van der Waals surface area (Å²) in [6.07, 6.45) is 0.867. The number of carbonyl (C=O) groups excluding carboxylic acids is 1. The van der Waals surface area contributed by atoms with Gasteiger partial charge in [0.25, 0.3) is 5.91 Å². The second-order valence-electron chi connectivity index (χ2n) is 6.65. The van der Waals surface area contributed by atoms with E-state index in [2.05, 4.69) is 16.8 Å². The Bertz CT molecular complexity index is 940. The Morgan fingerprint density at radius 2 is 1.89 bits per heavy atom. The predicted octanol–water partition coefficient (Wildman–Crippen LogP) is 5.66. The molecule has 1 aromatic heterocycles. The minimum atomic E-state index is -0.0259. The zero-order valence-electron chi connectivity index (χ0n) is 16.3. The Kier molecular flexibility index (Phi) is 7.35. The first-order valence-corrected chi connectivity index (χ1v) is 11.4. The molecule has 0 unspecified atom stereocenters. The second kappa shape index (κ2) is 9.74. The minimum absolute atomic E-state index is 0.0259. The highest BCUT2D eigenvalue weighted by atomic mass is 35.5. The Labute approximate surface area is 179 Å². The molecule has 1 amide bonds. The van der Waals surface area contributed by atoms with Gasteiger partial charge in [0.15, 0.2) is 5.13 Å². The molecule has 0 N–H and O–H groups in total. The largest absolute Gasteiger partial charge is 0.309 e. The Balaban J connectivity index is 1.90. The van der Waals surface area contributed by atoms with Crippen molar-refractivity contribution in [3.63, 3.8) is 0 Å². The van der Waals surface area contributed by atoms with Gasteiger partial charge in [-0.2, -0.15) is 0 Å². The lowest BCUT2D eigenvalue weighted by Crippen LogP contribution is -2.33. The summed E-state index contributed by atoms with van der Waals surface area (Å²) in [4.78, 5) is 23.0. The van der Waals surface area contributed by atoms with Gasteiger partial charge in [0.1, 0.15) is 5.52 Å². The van der Waals surface area contributed by atoms with E-state index in [0.717, 1.165) is 28.9 Å². The van der Waals surface area contributed by atoms with Crippen molar-refractivity contribution in [3.05, 3.63) is 53.1 Å². The van der Waals surface area contributed by atoms with Gasteiger partial charge < -0.3 is 4.90 Å². The number of para-hydroxylation sites is 1. The monoisotopic (exact) mass is 433 g/mol. The van der Waals surface area contributed by atoms with Gasteiger partial charge in [0.05, 0.1) is 9.72 Å². The molecule has 3 aromatic rings. The molecule has 0 saturated heterocycles. The smallest absolute Gasteiger partial charge is 0.260 e. The highest BCUT2D eigenvalue weighted by Crippen LogP contribution is 2.33. The van der Waals surface area contributed by atoms with Gasteiger partial charge in [0, 0.05) is 17.0 Å². The van der Waals surface area contributed by atoms with Gasteiger partial charge in [0.2, 0.25) is 0 Å². The molecule has 1 heterocycles. The number of anilines is 1. The minimum Gasteiger partial charge on any atom is -0.309 e. The summed E-state index contributed by atoms with van der Waals surface area (Å²) in [7, 11) is 4.07. The number of amides is 1. The topological polar surface area (TPSA) is 36.4 Å². The highest BCUT2D eigenvalue weighted by Gasteiger charge is 2.21. The number of rotatable bonds is 8. The number of carbonyl (C=O) groups is 1. The molecule has 28 heavy (non-hydrogen) atoms. The third-order valence-electron chi connectivity index (χ3n) is 4.23. The Morgan fingerprint density at radius 1 is 1.14 bits per heavy atom. The van der Waals surface area contributed by atoms with Crippen molar-refractivity contribution in [1.29, 1.82) is 0 Å². The molecule has 0 radical (unpaired) electrons. The summed E-state index contributed by atoms with van der Waals surface area (Å²) in [5.74, 6) is 0.984. The number of aromatic nitrogens is 1. The summed E-state index contributed by atoms with van der Waals surface area (Å²) in [6.45, 7) is 3.63. The molecule has 148 valence electrons. The number of hydrogen-bond acceptors (Lipinski definition) is 5. The lowest BCUT2D eigenvalue weighted by atomic mass is 10.2. The molecule has 0 bridgehead atoms. The predicted molar refractivity (Wildman–Crippen MR) is 122 cm³/mol. The van der Waals surface area contributed by atoms with Crippen LogP contribution in [0.4, 0.5) is 5.13 Å². The molecule has 0 spiro atoms. The summed E-state index contributed by atoms with van der Waals surface area (Å²) in [5.41, 5.74) is 1.43. The summed E-state index contributed by atoms with van der Waals surface area (Å²) in [5, 5.41) is 1.31. The van der Waals surface area contributed by atoms with E-state index in [1.807, 2.05) is 56.6 Å². The first-order valence-electron chi connectivity index (χ1n) is 9.24. The number of halogens is 1. The molecule has 7 heteroatoms.